The van der Waals surface area contributed by atoms with Crippen LogP contribution in [0, 0.1) is 0 Å². The predicted octanol–water partition coefficient (Wildman–Crippen LogP) is 2.21. The fourth-order valence-electron chi connectivity index (χ4n) is 2.32. The van der Waals surface area contributed by atoms with Crippen LogP contribution in [0.4, 0.5) is 0 Å². The van der Waals surface area contributed by atoms with Crippen molar-refractivity contribution in [3.63, 3.8) is 0 Å². The molecule has 4 heteroatoms. The Kier molecular flexibility index (Phi) is 4.66. The van der Waals surface area contributed by atoms with E-state index in [1.54, 1.807) is 7.11 Å². The van der Waals surface area contributed by atoms with Crippen molar-refractivity contribution in [2.24, 2.45) is 0 Å². The number of hydrogen-bond acceptors (Lipinski definition) is 4. The molecule has 0 bridgehead atoms. The number of hydrogen-bond donors (Lipinski definition) is 1. The molecule has 1 fully saturated rings. The Morgan fingerprint density at radius 2 is 2.06 bits per heavy atom. The van der Waals surface area contributed by atoms with Crippen LogP contribution in [0.5, 0.6) is 0 Å². The molecule has 2 heterocycles. The standard InChI is InChI=1S/C14H23N3O/c1-10(2)13-8-12(9-18-3)16-14(17-13)11-4-6-15-7-5-11/h8,10-11,15H,4-7,9H2,1-3H3. The average Bonchev–Trinajstić information content (AvgIpc) is 2.40. The van der Waals surface area contributed by atoms with Gasteiger partial charge in [0.1, 0.15) is 5.82 Å². The molecule has 1 saturated heterocycles. The summed E-state index contributed by atoms with van der Waals surface area (Å²) < 4.78 is 5.20. The minimum Gasteiger partial charge on any atom is -0.378 e. The summed E-state index contributed by atoms with van der Waals surface area (Å²) in [6.07, 6.45) is 2.27. The number of ether oxygens (including phenoxy) is 1. The topological polar surface area (TPSA) is 47.0 Å². The quantitative estimate of drug-likeness (QED) is 0.888. The van der Waals surface area contributed by atoms with Gasteiger partial charge in [0.25, 0.3) is 0 Å². The molecular weight excluding hydrogens is 226 g/mol. The fourth-order valence-corrected chi connectivity index (χ4v) is 2.32. The first-order valence-electron chi connectivity index (χ1n) is 6.78. The molecule has 0 unspecified atom stereocenters. The van der Waals surface area contributed by atoms with Crippen molar-refractivity contribution in [3.05, 3.63) is 23.3 Å². The number of nitrogens with zero attached hydrogens (tertiary/aromatic N) is 2. The maximum absolute atomic E-state index is 5.20. The van der Waals surface area contributed by atoms with Gasteiger partial charge in [-0.2, -0.15) is 0 Å². The van der Waals surface area contributed by atoms with Crippen LogP contribution in [0.15, 0.2) is 6.07 Å². The van der Waals surface area contributed by atoms with Crippen LogP contribution in [-0.2, 0) is 11.3 Å². The Morgan fingerprint density at radius 3 is 2.67 bits per heavy atom. The van der Waals surface area contributed by atoms with Crippen molar-refractivity contribution in [1.29, 1.82) is 0 Å². The Balaban J connectivity index is 2.26. The van der Waals surface area contributed by atoms with E-state index in [-0.39, 0.29) is 0 Å². The lowest BCUT2D eigenvalue weighted by molar-refractivity contribution is 0.180. The Bertz CT molecular complexity index is 387. The van der Waals surface area contributed by atoms with Crippen LogP contribution in [-0.4, -0.2) is 30.2 Å². The van der Waals surface area contributed by atoms with E-state index in [1.165, 1.54) is 0 Å². The number of methoxy groups -OCH3 is 1. The molecule has 0 amide bonds. The maximum Gasteiger partial charge on any atom is 0.132 e. The van der Waals surface area contributed by atoms with E-state index >= 15 is 0 Å². The molecule has 1 aromatic heterocycles. The van der Waals surface area contributed by atoms with Crippen LogP contribution in [0.2, 0.25) is 0 Å². The lowest BCUT2D eigenvalue weighted by atomic mass is 9.96. The summed E-state index contributed by atoms with van der Waals surface area (Å²) in [4.78, 5) is 9.41. The van der Waals surface area contributed by atoms with Gasteiger partial charge >= 0.3 is 0 Å². The minimum atomic E-state index is 0.434. The van der Waals surface area contributed by atoms with E-state index in [4.69, 9.17) is 9.72 Å². The molecule has 0 aliphatic carbocycles. The molecule has 0 aromatic carbocycles. The van der Waals surface area contributed by atoms with E-state index in [1.807, 2.05) is 0 Å². The lowest BCUT2D eigenvalue weighted by Gasteiger charge is -2.22. The zero-order chi connectivity index (χ0) is 13.0. The maximum atomic E-state index is 5.20. The van der Waals surface area contributed by atoms with Gasteiger partial charge in [-0.1, -0.05) is 13.8 Å². The molecule has 1 aromatic rings. The van der Waals surface area contributed by atoms with Gasteiger partial charge in [-0.25, -0.2) is 9.97 Å². The second-order valence-corrected chi connectivity index (χ2v) is 5.25. The monoisotopic (exact) mass is 249 g/mol. The third-order valence-corrected chi connectivity index (χ3v) is 3.40. The summed E-state index contributed by atoms with van der Waals surface area (Å²) in [6.45, 7) is 7.05. The molecular formula is C14H23N3O. The lowest BCUT2D eigenvalue weighted by Crippen LogP contribution is -2.28. The number of rotatable bonds is 4. The van der Waals surface area contributed by atoms with Crippen molar-refractivity contribution in [2.45, 2.75) is 45.1 Å². The SMILES string of the molecule is COCc1cc(C(C)C)nc(C2CCNCC2)n1. The fraction of sp³-hybridized carbons (Fsp3) is 0.714. The van der Waals surface area contributed by atoms with E-state index < -0.39 is 0 Å². The summed E-state index contributed by atoms with van der Waals surface area (Å²) in [6, 6.07) is 2.07. The largest absolute Gasteiger partial charge is 0.378 e. The number of piperidine rings is 1. The summed E-state index contributed by atoms with van der Waals surface area (Å²) in [5, 5.41) is 3.38. The highest BCUT2D eigenvalue weighted by Gasteiger charge is 2.19. The average molecular weight is 249 g/mol. The molecule has 4 nitrogen and oxygen atoms in total. The molecule has 18 heavy (non-hydrogen) atoms. The third kappa shape index (κ3) is 3.27. The van der Waals surface area contributed by atoms with E-state index in [2.05, 4.69) is 30.2 Å². The van der Waals surface area contributed by atoms with Crippen LogP contribution in [0.25, 0.3) is 0 Å². The van der Waals surface area contributed by atoms with Crippen molar-refractivity contribution in [2.75, 3.05) is 20.2 Å². The Morgan fingerprint density at radius 1 is 1.33 bits per heavy atom. The van der Waals surface area contributed by atoms with Gasteiger partial charge in [0.15, 0.2) is 0 Å². The van der Waals surface area contributed by atoms with Gasteiger partial charge in [-0.05, 0) is 37.9 Å². The first-order chi connectivity index (χ1) is 8.70. The van der Waals surface area contributed by atoms with Crippen molar-refractivity contribution in [3.8, 4) is 0 Å². The van der Waals surface area contributed by atoms with Crippen LogP contribution < -0.4 is 5.32 Å². The van der Waals surface area contributed by atoms with Gasteiger partial charge in [-0.3, -0.25) is 0 Å². The Labute approximate surface area is 109 Å². The van der Waals surface area contributed by atoms with Crippen LogP contribution in [0.3, 0.4) is 0 Å². The van der Waals surface area contributed by atoms with E-state index in [0.29, 0.717) is 18.4 Å². The van der Waals surface area contributed by atoms with Crippen LogP contribution >= 0.6 is 0 Å². The summed E-state index contributed by atoms with van der Waals surface area (Å²) in [5.74, 6) is 1.94. The number of nitrogens with one attached hydrogen (secondary N) is 1. The molecule has 1 N–H and O–H groups in total. The molecule has 0 spiro atoms. The molecule has 1 aliphatic heterocycles. The van der Waals surface area contributed by atoms with Gasteiger partial charge in [0.05, 0.1) is 12.3 Å². The highest BCUT2D eigenvalue weighted by molar-refractivity contribution is 5.16. The molecule has 2 rings (SSSR count). The first-order valence-corrected chi connectivity index (χ1v) is 6.78. The third-order valence-electron chi connectivity index (χ3n) is 3.40. The predicted molar refractivity (Wildman–Crippen MR) is 71.7 cm³/mol. The molecule has 100 valence electrons. The molecule has 0 saturated carbocycles. The zero-order valence-corrected chi connectivity index (χ0v) is 11.6. The van der Waals surface area contributed by atoms with Gasteiger partial charge in [-0.15, -0.1) is 0 Å². The zero-order valence-electron chi connectivity index (χ0n) is 11.6. The summed E-state index contributed by atoms with van der Waals surface area (Å²) in [5.41, 5.74) is 2.13. The second-order valence-electron chi connectivity index (χ2n) is 5.25. The van der Waals surface area contributed by atoms with Gasteiger partial charge in [0.2, 0.25) is 0 Å². The van der Waals surface area contributed by atoms with Crippen LogP contribution in [0.1, 0.15) is 55.7 Å². The molecule has 0 radical (unpaired) electrons. The van der Waals surface area contributed by atoms with Gasteiger partial charge < -0.3 is 10.1 Å². The smallest absolute Gasteiger partial charge is 0.132 e. The van der Waals surface area contributed by atoms with Gasteiger partial charge in [0, 0.05) is 18.7 Å². The second kappa shape index (κ2) is 6.25. The number of aromatic nitrogens is 2. The normalized spacial score (nSPS) is 17.3. The molecule has 1 aliphatic rings. The highest BCUT2D eigenvalue weighted by Crippen LogP contribution is 2.24. The minimum absolute atomic E-state index is 0.434. The molecule has 0 atom stereocenters. The van der Waals surface area contributed by atoms with Crippen molar-refractivity contribution < 1.29 is 4.74 Å². The Hall–Kier alpha value is -1.00. The van der Waals surface area contributed by atoms with E-state index in [9.17, 15) is 0 Å². The summed E-state index contributed by atoms with van der Waals surface area (Å²) in [7, 11) is 1.71. The highest BCUT2D eigenvalue weighted by atomic mass is 16.5. The summed E-state index contributed by atoms with van der Waals surface area (Å²) >= 11 is 0. The van der Waals surface area contributed by atoms with E-state index in [0.717, 1.165) is 43.1 Å². The van der Waals surface area contributed by atoms with Crippen molar-refractivity contribution in [1.82, 2.24) is 15.3 Å². The first kappa shape index (κ1) is 13.4. The van der Waals surface area contributed by atoms with Crippen molar-refractivity contribution >= 4 is 0 Å².